The molecule has 19 heavy (non-hydrogen) atoms. The van der Waals surface area contributed by atoms with E-state index in [2.05, 4.69) is 0 Å². The molecule has 100 valence electrons. The molecule has 2 aromatic carbocycles. The number of nitrogens with two attached hydrogens (primary N) is 1. The number of aliphatic hydroxyl groups is 1. The van der Waals surface area contributed by atoms with Gasteiger partial charge >= 0.3 is 0 Å². The highest BCUT2D eigenvalue weighted by Gasteiger charge is 2.08. The second kappa shape index (κ2) is 6.31. The van der Waals surface area contributed by atoms with E-state index in [1.165, 1.54) is 12.1 Å². The predicted molar refractivity (Wildman–Crippen MR) is 71.2 cm³/mol. The highest BCUT2D eigenvalue weighted by atomic mass is 19.1. The topological polar surface area (TPSA) is 55.5 Å². The maximum atomic E-state index is 12.9. The smallest absolute Gasteiger partial charge is 0.126 e. The van der Waals surface area contributed by atoms with Gasteiger partial charge in [0.2, 0.25) is 0 Å². The summed E-state index contributed by atoms with van der Waals surface area (Å²) in [6, 6.07) is 13.2. The number of hydrogen-bond acceptors (Lipinski definition) is 3. The van der Waals surface area contributed by atoms with E-state index in [-0.39, 0.29) is 12.4 Å². The van der Waals surface area contributed by atoms with Crippen LogP contribution in [0.15, 0.2) is 48.5 Å². The highest BCUT2D eigenvalue weighted by Crippen LogP contribution is 2.17. The fraction of sp³-hybridized carbons (Fsp3) is 0.200. The van der Waals surface area contributed by atoms with Gasteiger partial charge in [0.25, 0.3) is 0 Å². The molecule has 0 fully saturated rings. The molecule has 3 nitrogen and oxygen atoms in total. The zero-order valence-electron chi connectivity index (χ0n) is 10.4. The van der Waals surface area contributed by atoms with Crippen LogP contribution in [0.2, 0.25) is 0 Å². The van der Waals surface area contributed by atoms with Crippen LogP contribution >= 0.6 is 0 Å². The standard InChI is InChI=1S/C15H16FNO2/c16-13-2-1-3-14(8-13)19-10-15(18)12-6-4-11(9-17)5-7-12/h1-8,15,18H,9-10,17H2. The van der Waals surface area contributed by atoms with Crippen molar-refractivity contribution in [2.24, 2.45) is 5.73 Å². The van der Waals surface area contributed by atoms with Crippen LogP contribution in [0.25, 0.3) is 0 Å². The number of benzene rings is 2. The molecule has 4 heteroatoms. The molecule has 0 bridgehead atoms. The number of ether oxygens (including phenoxy) is 1. The third kappa shape index (κ3) is 3.77. The van der Waals surface area contributed by atoms with E-state index in [1.807, 2.05) is 24.3 Å². The first-order chi connectivity index (χ1) is 9.19. The highest BCUT2D eigenvalue weighted by molar-refractivity contribution is 5.25. The molecule has 2 aromatic rings. The lowest BCUT2D eigenvalue weighted by atomic mass is 10.1. The Balaban J connectivity index is 1.95. The lowest BCUT2D eigenvalue weighted by molar-refractivity contribution is 0.108. The average molecular weight is 261 g/mol. The van der Waals surface area contributed by atoms with Gasteiger partial charge in [0, 0.05) is 12.6 Å². The van der Waals surface area contributed by atoms with Gasteiger partial charge in [0.1, 0.15) is 24.3 Å². The lowest BCUT2D eigenvalue weighted by Crippen LogP contribution is -2.10. The molecule has 0 heterocycles. The van der Waals surface area contributed by atoms with Crippen molar-refractivity contribution in [3.8, 4) is 5.75 Å². The summed E-state index contributed by atoms with van der Waals surface area (Å²) in [5.41, 5.74) is 7.25. The van der Waals surface area contributed by atoms with E-state index in [4.69, 9.17) is 10.5 Å². The summed E-state index contributed by atoms with van der Waals surface area (Å²) in [4.78, 5) is 0. The molecule has 3 N–H and O–H groups in total. The van der Waals surface area contributed by atoms with Crippen LogP contribution in [0.5, 0.6) is 5.75 Å². The van der Waals surface area contributed by atoms with Crippen LogP contribution in [0.1, 0.15) is 17.2 Å². The van der Waals surface area contributed by atoms with Crippen LogP contribution in [0.3, 0.4) is 0 Å². The third-order valence-electron chi connectivity index (χ3n) is 2.80. The molecule has 0 saturated carbocycles. The molecule has 1 unspecified atom stereocenters. The van der Waals surface area contributed by atoms with E-state index in [0.29, 0.717) is 12.3 Å². The van der Waals surface area contributed by atoms with E-state index in [9.17, 15) is 9.50 Å². The zero-order valence-corrected chi connectivity index (χ0v) is 10.4. The zero-order chi connectivity index (χ0) is 13.7. The predicted octanol–water partition coefficient (Wildman–Crippen LogP) is 2.40. The van der Waals surface area contributed by atoms with Gasteiger partial charge in [-0.1, -0.05) is 30.3 Å². The Bertz CT molecular complexity index is 528. The van der Waals surface area contributed by atoms with Crippen LogP contribution < -0.4 is 10.5 Å². The molecule has 0 aromatic heterocycles. The average Bonchev–Trinajstić information content (AvgIpc) is 2.45. The fourth-order valence-electron chi connectivity index (χ4n) is 1.70. The lowest BCUT2D eigenvalue weighted by Gasteiger charge is -2.13. The Morgan fingerprint density at radius 1 is 1.16 bits per heavy atom. The summed E-state index contributed by atoms with van der Waals surface area (Å²) in [6.45, 7) is 0.543. The van der Waals surface area contributed by atoms with Crippen LogP contribution in [0.4, 0.5) is 4.39 Å². The molecule has 2 rings (SSSR count). The van der Waals surface area contributed by atoms with Gasteiger partial charge < -0.3 is 15.6 Å². The summed E-state index contributed by atoms with van der Waals surface area (Å²) in [5, 5.41) is 9.96. The van der Waals surface area contributed by atoms with Crippen LogP contribution in [-0.4, -0.2) is 11.7 Å². The van der Waals surface area contributed by atoms with Crippen molar-refractivity contribution < 1.29 is 14.2 Å². The van der Waals surface area contributed by atoms with Crippen molar-refractivity contribution in [3.05, 3.63) is 65.5 Å². The van der Waals surface area contributed by atoms with Crippen molar-refractivity contribution >= 4 is 0 Å². The maximum Gasteiger partial charge on any atom is 0.126 e. The van der Waals surface area contributed by atoms with E-state index >= 15 is 0 Å². The second-order valence-electron chi connectivity index (χ2n) is 4.23. The van der Waals surface area contributed by atoms with E-state index in [0.717, 1.165) is 11.1 Å². The molecule has 0 radical (unpaired) electrons. The molecule has 0 spiro atoms. The monoisotopic (exact) mass is 261 g/mol. The first kappa shape index (κ1) is 13.5. The van der Waals surface area contributed by atoms with Crippen molar-refractivity contribution in [3.63, 3.8) is 0 Å². The minimum absolute atomic E-state index is 0.0748. The number of aliphatic hydroxyl groups excluding tert-OH is 1. The van der Waals surface area contributed by atoms with Crippen molar-refractivity contribution in [2.45, 2.75) is 12.6 Å². The Morgan fingerprint density at radius 3 is 2.53 bits per heavy atom. The quantitative estimate of drug-likeness (QED) is 0.869. The molecular formula is C15H16FNO2. The number of rotatable bonds is 5. The first-order valence-corrected chi connectivity index (χ1v) is 6.04. The van der Waals surface area contributed by atoms with E-state index in [1.54, 1.807) is 12.1 Å². The van der Waals surface area contributed by atoms with Crippen molar-refractivity contribution in [1.29, 1.82) is 0 Å². The van der Waals surface area contributed by atoms with Gasteiger partial charge in [-0.2, -0.15) is 0 Å². The Morgan fingerprint density at radius 2 is 1.89 bits per heavy atom. The van der Waals surface area contributed by atoms with E-state index < -0.39 is 6.10 Å². The third-order valence-corrected chi connectivity index (χ3v) is 2.80. The summed E-state index contributed by atoms with van der Waals surface area (Å²) in [5.74, 6) is 0.0388. The summed E-state index contributed by atoms with van der Waals surface area (Å²) in [6.07, 6.45) is -0.755. The van der Waals surface area contributed by atoms with Crippen molar-refractivity contribution in [2.75, 3.05) is 6.61 Å². The molecule has 0 aliphatic heterocycles. The van der Waals surface area contributed by atoms with Crippen molar-refractivity contribution in [1.82, 2.24) is 0 Å². The SMILES string of the molecule is NCc1ccc(C(O)COc2cccc(F)c2)cc1. The minimum atomic E-state index is -0.755. The second-order valence-corrected chi connectivity index (χ2v) is 4.23. The van der Waals surface area contributed by atoms with Gasteiger partial charge in [-0.25, -0.2) is 4.39 Å². The summed E-state index contributed by atoms with van der Waals surface area (Å²) in [7, 11) is 0. The largest absolute Gasteiger partial charge is 0.490 e. The number of halogens is 1. The normalized spacial score (nSPS) is 12.2. The molecule has 0 aliphatic rings. The molecule has 1 atom stereocenters. The van der Waals surface area contributed by atoms with Crippen LogP contribution in [-0.2, 0) is 6.54 Å². The maximum absolute atomic E-state index is 12.9. The molecule has 0 amide bonds. The van der Waals surface area contributed by atoms with Gasteiger partial charge in [-0.15, -0.1) is 0 Å². The van der Waals surface area contributed by atoms with Gasteiger partial charge in [-0.05, 0) is 23.3 Å². The van der Waals surface area contributed by atoms with Gasteiger partial charge in [0.05, 0.1) is 0 Å². The van der Waals surface area contributed by atoms with Crippen LogP contribution in [0, 0.1) is 5.82 Å². The van der Waals surface area contributed by atoms with Gasteiger partial charge in [-0.3, -0.25) is 0 Å². The Labute approximate surface area is 111 Å². The Hall–Kier alpha value is -1.91. The Kier molecular flexibility index (Phi) is 4.49. The number of hydrogen-bond donors (Lipinski definition) is 2. The minimum Gasteiger partial charge on any atom is -0.490 e. The summed E-state index contributed by atoms with van der Waals surface area (Å²) >= 11 is 0. The first-order valence-electron chi connectivity index (χ1n) is 6.04. The summed E-state index contributed by atoms with van der Waals surface area (Å²) < 4.78 is 18.3. The fourth-order valence-corrected chi connectivity index (χ4v) is 1.70. The molecule has 0 saturated heterocycles. The molecular weight excluding hydrogens is 245 g/mol. The van der Waals surface area contributed by atoms with Gasteiger partial charge in [0.15, 0.2) is 0 Å². The molecule has 0 aliphatic carbocycles.